The summed E-state index contributed by atoms with van der Waals surface area (Å²) in [6.45, 7) is 1.35. The molecule has 0 amide bonds. The molecule has 0 heterocycles. The van der Waals surface area contributed by atoms with Crippen LogP contribution in [0, 0.1) is 0 Å². The van der Waals surface area contributed by atoms with E-state index in [1.54, 1.807) is 0 Å². The van der Waals surface area contributed by atoms with Crippen molar-refractivity contribution < 1.29 is 24.9 Å². The summed E-state index contributed by atoms with van der Waals surface area (Å²) in [6, 6.07) is 3.86. The van der Waals surface area contributed by atoms with Gasteiger partial charge in [-0.2, -0.15) is 0 Å². The average Bonchev–Trinajstić information content (AvgIpc) is 2.34. The van der Waals surface area contributed by atoms with Crippen LogP contribution >= 0.6 is 23.4 Å². The number of carboxylic acids is 1. The second-order valence-electron chi connectivity index (χ2n) is 3.89. The molecule has 0 radical (unpaired) electrons. The van der Waals surface area contributed by atoms with E-state index in [0.717, 1.165) is 11.8 Å². The maximum Gasteiger partial charge on any atom is 0.335 e. The van der Waals surface area contributed by atoms with Crippen LogP contribution in [-0.4, -0.2) is 38.3 Å². The van der Waals surface area contributed by atoms with Crippen LogP contribution in [0.25, 0.3) is 0 Å². The summed E-state index contributed by atoms with van der Waals surface area (Å²) in [7, 11) is 0. The van der Waals surface area contributed by atoms with Gasteiger partial charge in [0.05, 0.1) is 11.7 Å². The lowest BCUT2D eigenvalue weighted by Gasteiger charge is -2.18. The Kier molecular flexibility index (Phi) is 5.81. The number of carboxylic acid groups (broad SMARTS) is 1. The Morgan fingerprint density at radius 1 is 1.32 bits per heavy atom. The van der Waals surface area contributed by atoms with Gasteiger partial charge in [0.2, 0.25) is 0 Å². The fraction of sp³-hybridized carbons (Fsp3) is 0.333. The zero-order chi connectivity index (χ0) is 14.6. The van der Waals surface area contributed by atoms with Gasteiger partial charge in [0, 0.05) is 17.7 Å². The molecule has 2 atom stereocenters. The summed E-state index contributed by atoms with van der Waals surface area (Å²) in [6.07, 6.45) is -2.49. The molecule has 3 N–H and O–H groups in total. The predicted octanol–water partition coefficient (Wildman–Crippen LogP) is 1.71. The summed E-state index contributed by atoms with van der Waals surface area (Å²) < 4.78 is 0. The van der Waals surface area contributed by atoms with Gasteiger partial charge in [-0.25, -0.2) is 4.79 Å². The number of rotatable bonds is 5. The highest BCUT2D eigenvalue weighted by molar-refractivity contribution is 8.13. The van der Waals surface area contributed by atoms with E-state index in [4.69, 9.17) is 16.7 Å². The van der Waals surface area contributed by atoms with Gasteiger partial charge < -0.3 is 15.3 Å². The third-order valence-electron chi connectivity index (χ3n) is 2.33. The smallest absolute Gasteiger partial charge is 0.335 e. The van der Waals surface area contributed by atoms with E-state index in [1.165, 1.54) is 25.1 Å². The Morgan fingerprint density at radius 2 is 1.95 bits per heavy atom. The zero-order valence-electron chi connectivity index (χ0n) is 10.0. The molecule has 0 fully saturated rings. The fourth-order valence-corrected chi connectivity index (χ4v) is 2.25. The van der Waals surface area contributed by atoms with Crippen LogP contribution < -0.4 is 0 Å². The number of benzene rings is 1. The van der Waals surface area contributed by atoms with Gasteiger partial charge in [0.25, 0.3) is 0 Å². The van der Waals surface area contributed by atoms with Crippen LogP contribution in [0.3, 0.4) is 0 Å². The quantitative estimate of drug-likeness (QED) is 0.766. The lowest BCUT2D eigenvalue weighted by Crippen LogP contribution is -2.21. The summed E-state index contributed by atoms with van der Waals surface area (Å²) >= 11 is 6.63. The average molecular weight is 305 g/mol. The summed E-state index contributed by atoms with van der Waals surface area (Å²) in [4.78, 5) is 21.6. The van der Waals surface area contributed by atoms with E-state index in [2.05, 4.69) is 0 Å². The van der Waals surface area contributed by atoms with E-state index in [0.29, 0.717) is 0 Å². The minimum atomic E-state index is -1.30. The number of halogens is 1. The van der Waals surface area contributed by atoms with Crippen molar-refractivity contribution >= 4 is 34.4 Å². The normalized spacial score (nSPS) is 13.9. The number of thioether (sulfide) groups is 1. The Morgan fingerprint density at radius 3 is 2.47 bits per heavy atom. The van der Waals surface area contributed by atoms with E-state index < -0.39 is 18.2 Å². The number of carbonyl (C=O) groups is 2. The number of carbonyl (C=O) groups excluding carboxylic acids is 1. The SMILES string of the molecule is CC(=O)SCC(O)C(O)c1cc(Cl)cc(C(=O)O)c1. The first-order valence-electron chi connectivity index (χ1n) is 5.34. The minimum Gasteiger partial charge on any atom is -0.478 e. The molecule has 0 saturated heterocycles. The van der Waals surface area contributed by atoms with E-state index in [9.17, 15) is 19.8 Å². The molecule has 0 aromatic heterocycles. The van der Waals surface area contributed by atoms with Gasteiger partial charge in [-0.3, -0.25) is 4.79 Å². The van der Waals surface area contributed by atoms with Crippen molar-refractivity contribution in [1.82, 2.24) is 0 Å². The molecule has 1 rings (SSSR count). The second kappa shape index (κ2) is 6.91. The molecular formula is C12H13ClO5S. The van der Waals surface area contributed by atoms with E-state index in [-0.39, 0.29) is 27.0 Å². The van der Waals surface area contributed by atoms with Crippen molar-refractivity contribution in [2.75, 3.05) is 5.75 Å². The Hall–Kier alpha value is -1.08. The lowest BCUT2D eigenvalue weighted by atomic mass is 10.0. The van der Waals surface area contributed by atoms with Crippen LogP contribution in [0.1, 0.15) is 28.9 Å². The third kappa shape index (κ3) is 4.83. The molecule has 19 heavy (non-hydrogen) atoms. The fourth-order valence-electron chi connectivity index (χ4n) is 1.42. The van der Waals surface area contributed by atoms with Crippen LogP contribution in [0.2, 0.25) is 5.02 Å². The minimum absolute atomic E-state index is 0.0193. The summed E-state index contributed by atoms with van der Waals surface area (Å²) in [5, 5.41) is 28.5. The van der Waals surface area contributed by atoms with Crippen LogP contribution in [0.5, 0.6) is 0 Å². The Bertz CT molecular complexity index is 491. The van der Waals surface area contributed by atoms with Gasteiger partial charge >= 0.3 is 5.97 Å². The van der Waals surface area contributed by atoms with Gasteiger partial charge in [-0.1, -0.05) is 23.4 Å². The molecule has 0 spiro atoms. The maximum atomic E-state index is 10.9. The molecule has 0 saturated carbocycles. The number of hydrogen-bond donors (Lipinski definition) is 3. The molecule has 0 bridgehead atoms. The van der Waals surface area contributed by atoms with Crippen molar-refractivity contribution in [1.29, 1.82) is 0 Å². The van der Waals surface area contributed by atoms with Gasteiger partial charge in [-0.15, -0.1) is 0 Å². The molecular weight excluding hydrogens is 292 g/mol. The molecule has 7 heteroatoms. The zero-order valence-corrected chi connectivity index (χ0v) is 11.6. The van der Waals surface area contributed by atoms with Gasteiger partial charge in [-0.05, 0) is 23.8 Å². The molecule has 104 valence electrons. The number of aliphatic hydroxyl groups excluding tert-OH is 2. The molecule has 1 aromatic carbocycles. The topological polar surface area (TPSA) is 94.8 Å². The van der Waals surface area contributed by atoms with Crippen LogP contribution in [0.4, 0.5) is 0 Å². The summed E-state index contributed by atoms with van der Waals surface area (Å²) in [5.41, 5.74) is 0.120. The Labute approximate surface area is 119 Å². The first kappa shape index (κ1) is 16.0. The highest BCUT2D eigenvalue weighted by atomic mass is 35.5. The van der Waals surface area contributed by atoms with Crippen molar-refractivity contribution in [3.63, 3.8) is 0 Å². The predicted molar refractivity (Wildman–Crippen MR) is 72.5 cm³/mol. The lowest BCUT2D eigenvalue weighted by molar-refractivity contribution is -0.109. The van der Waals surface area contributed by atoms with Crippen molar-refractivity contribution in [3.8, 4) is 0 Å². The maximum absolute atomic E-state index is 10.9. The Balaban J connectivity index is 2.89. The highest BCUT2D eigenvalue weighted by Gasteiger charge is 2.21. The van der Waals surface area contributed by atoms with Gasteiger partial charge in [0.15, 0.2) is 5.12 Å². The highest BCUT2D eigenvalue weighted by Crippen LogP contribution is 2.24. The molecule has 0 aliphatic rings. The molecule has 0 aliphatic heterocycles. The third-order valence-corrected chi connectivity index (χ3v) is 3.46. The standard InChI is InChI=1S/C12H13ClO5S/c1-6(14)19-5-10(15)11(16)7-2-8(12(17)18)4-9(13)3-7/h2-4,10-11,15-16H,5H2,1H3,(H,17,18). The van der Waals surface area contributed by atoms with E-state index in [1.807, 2.05) is 0 Å². The van der Waals surface area contributed by atoms with Crippen molar-refractivity contribution in [2.24, 2.45) is 0 Å². The first-order valence-corrected chi connectivity index (χ1v) is 6.71. The molecule has 5 nitrogen and oxygen atoms in total. The molecule has 2 unspecified atom stereocenters. The van der Waals surface area contributed by atoms with Crippen molar-refractivity contribution in [2.45, 2.75) is 19.1 Å². The van der Waals surface area contributed by atoms with Crippen LogP contribution in [-0.2, 0) is 4.79 Å². The van der Waals surface area contributed by atoms with Gasteiger partial charge in [0.1, 0.15) is 6.10 Å². The number of aliphatic hydroxyl groups is 2. The largest absolute Gasteiger partial charge is 0.478 e. The monoisotopic (exact) mass is 304 g/mol. The molecule has 1 aromatic rings. The second-order valence-corrected chi connectivity index (χ2v) is 5.53. The summed E-state index contributed by atoms with van der Waals surface area (Å²) in [5.74, 6) is -1.16. The van der Waals surface area contributed by atoms with Crippen molar-refractivity contribution in [3.05, 3.63) is 34.3 Å². The number of aromatic carboxylic acids is 1. The molecule has 0 aliphatic carbocycles. The number of hydrogen-bond acceptors (Lipinski definition) is 5. The first-order chi connectivity index (χ1) is 8.81. The van der Waals surface area contributed by atoms with E-state index >= 15 is 0 Å². The van der Waals surface area contributed by atoms with Crippen LogP contribution in [0.15, 0.2) is 18.2 Å².